The highest BCUT2D eigenvalue weighted by molar-refractivity contribution is 5.71. The van der Waals surface area contributed by atoms with Crippen molar-refractivity contribution < 1.29 is 28.6 Å². The van der Waals surface area contributed by atoms with Gasteiger partial charge < -0.3 is 14.2 Å². The molecular weight excluding hydrogens is 805 g/mol. The van der Waals surface area contributed by atoms with E-state index in [0.29, 0.717) is 19.3 Å². The third-order valence-electron chi connectivity index (χ3n) is 10.5. The van der Waals surface area contributed by atoms with E-state index in [1.165, 1.54) is 57.8 Å². The molecule has 0 saturated carbocycles. The van der Waals surface area contributed by atoms with Crippen molar-refractivity contribution >= 4 is 17.9 Å². The molecule has 0 aliphatic heterocycles. The van der Waals surface area contributed by atoms with Crippen molar-refractivity contribution in [1.82, 2.24) is 0 Å². The van der Waals surface area contributed by atoms with Crippen LogP contribution in [0.5, 0.6) is 0 Å². The van der Waals surface area contributed by atoms with Gasteiger partial charge in [-0.25, -0.2) is 0 Å². The van der Waals surface area contributed by atoms with Gasteiger partial charge in [0.05, 0.1) is 0 Å². The summed E-state index contributed by atoms with van der Waals surface area (Å²) in [5, 5.41) is 0. The summed E-state index contributed by atoms with van der Waals surface area (Å²) in [5.74, 6) is -1.05. The molecule has 1 unspecified atom stereocenters. The predicted octanol–water partition coefficient (Wildman–Crippen LogP) is 17.3. The first kappa shape index (κ1) is 60.8. The lowest BCUT2D eigenvalue weighted by Gasteiger charge is -2.18. The first-order valence-electron chi connectivity index (χ1n) is 26.1. The molecule has 0 N–H and O–H groups in total. The first-order chi connectivity index (χ1) is 32.0. The van der Waals surface area contributed by atoms with Crippen molar-refractivity contribution in [2.75, 3.05) is 13.2 Å². The summed E-state index contributed by atoms with van der Waals surface area (Å²) in [6.45, 7) is 6.36. The van der Waals surface area contributed by atoms with Crippen LogP contribution in [0.4, 0.5) is 0 Å². The molecule has 0 aromatic heterocycles. The predicted molar refractivity (Wildman–Crippen MR) is 279 cm³/mol. The molecule has 0 aromatic carbocycles. The summed E-state index contributed by atoms with van der Waals surface area (Å²) in [7, 11) is 0. The Morgan fingerprint density at radius 2 is 0.677 bits per heavy atom. The van der Waals surface area contributed by atoms with Crippen molar-refractivity contribution in [3.05, 3.63) is 122 Å². The van der Waals surface area contributed by atoms with Crippen LogP contribution in [0.2, 0.25) is 0 Å². The van der Waals surface area contributed by atoms with Gasteiger partial charge in [0.25, 0.3) is 0 Å². The van der Waals surface area contributed by atoms with Crippen molar-refractivity contribution in [3.63, 3.8) is 0 Å². The van der Waals surface area contributed by atoms with Gasteiger partial charge in [0, 0.05) is 19.3 Å². The van der Waals surface area contributed by atoms with E-state index in [0.717, 1.165) is 103 Å². The summed E-state index contributed by atoms with van der Waals surface area (Å²) in [6.07, 6.45) is 71.9. The Morgan fingerprint density at radius 1 is 0.338 bits per heavy atom. The van der Waals surface area contributed by atoms with Crippen LogP contribution < -0.4 is 0 Å². The Labute approximate surface area is 399 Å². The highest BCUT2D eigenvalue weighted by atomic mass is 16.6. The maximum atomic E-state index is 12.8. The van der Waals surface area contributed by atoms with Gasteiger partial charge in [-0.1, -0.05) is 200 Å². The number of carbonyl (C=O) groups is 3. The zero-order chi connectivity index (χ0) is 47.2. The molecule has 0 spiro atoms. The first-order valence-corrected chi connectivity index (χ1v) is 26.1. The summed E-state index contributed by atoms with van der Waals surface area (Å²) >= 11 is 0. The monoisotopic (exact) mass is 899 g/mol. The van der Waals surface area contributed by atoms with Crippen molar-refractivity contribution in [2.24, 2.45) is 0 Å². The number of ether oxygens (including phenoxy) is 3. The van der Waals surface area contributed by atoms with E-state index in [1.54, 1.807) is 0 Å². The summed E-state index contributed by atoms with van der Waals surface area (Å²) < 4.78 is 16.7. The molecule has 0 aliphatic carbocycles. The van der Waals surface area contributed by atoms with Crippen LogP contribution in [0.1, 0.15) is 213 Å². The van der Waals surface area contributed by atoms with Crippen LogP contribution in [-0.2, 0) is 28.6 Å². The fourth-order valence-corrected chi connectivity index (χ4v) is 6.57. The lowest BCUT2D eigenvalue weighted by molar-refractivity contribution is -0.167. The largest absolute Gasteiger partial charge is 0.462 e. The summed E-state index contributed by atoms with van der Waals surface area (Å²) in [5.41, 5.74) is 0. The van der Waals surface area contributed by atoms with Gasteiger partial charge in [-0.15, -0.1) is 0 Å². The van der Waals surface area contributed by atoms with E-state index in [9.17, 15) is 14.4 Å². The Hall–Kier alpha value is -4.19. The number of hydrogen-bond donors (Lipinski definition) is 0. The second-order valence-corrected chi connectivity index (χ2v) is 16.7. The second-order valence-electron chi connectivity index (χ2n) is 16.7. The van der Waals surface area contributed by atoms with Crippen LogP contribution in [0, 0.1) is 0 Å². The van der Waals surface area contributed by atoms with E-state index in [2.05, 4.69) is 142 Å². The average Bonchev–Trinajstić information content (AvgIpc) is 3.30. The molecule has 0 bridgehead atoms. The average molecular weight is 899 g/mol. The summed E-state index contributed by atoms with van der Waals surface area (Å²) in [6, 6.07) is 0. The summed E-state index contributed by atoms with van der Waals surface area (Å²) in [4.78, 5) is 37.9. The number of esters is 3. The SMILES string of the molecule is CC/C=C\C/C=C\C/C=C\CCCCC(=O)OCC(COC(=O)CCCCCCC\C=C/C=C\C=C/CCCCCCC)OC(=O)CCC/C=C\C/C=C\C/C=C\C/C=C\CCCCC. The van der Waals surface area contributed by atoms with Gasteiger partial charge in [0.2, 0.25) is 0 Å². The van der Waals surface area contributed by atoms with Crippen LogP contribution >= 0.6 is 0 Å². The topological polar surface area (TPSA) is 78.9 Å². The Morgan fingerprint density at radius 3 is 1.17 bits per heavy atom. The third-order valence-corrected chi connectivity index (χ3v) is 10.5. The number of allylic oxidation sites excluding steroid dienone is 20. The fourth-order valence-electron chi connectivity index (χ4n) is 6.57. The second kappa shape index (κ2) is 52.4. The zero-order valence-electron chi connectivity index (χ0n) is 41.7. The number of carbonyl (C=O) groups excluding carboxylic acids is 3. The molecule has 0 fully saturated rings. The van der Waals surface area contributed by atoms with E-state index in [1.807, 2.05) is 0 Å². The van der Waals surface area contributed by atoms with Crippen molar-refractivity contribution in [3.8, 4) is 0 Å². The van der Waals surface area contributed by atoms with Gasteiger partial charge in [0.1, 0.15) is 13.2 Å². The molecule has 6 heteroatoms. The van der Waals surface area contributed by atoms with Gasteiger partial charge in [-0.2, -0.15) is 0 Å². The Balaban J connectivity index is 4.57. The molecule has 0 amide bonds. The van der Waals surface area contributed by atoms with E-state index in [-0.39, 0.29) is 44.0 Å². The molecule has 0 rings (SSSR count). The quantitative estimate of drug-likeness (QED) is 0.0199. The maximum Gasteiger partial charge on any atom is 0.306 e. The van der Waals surface area contributed by atoms with Gasteiger partial charge in [-0.05, 0) is 116 Å². The maximum absolute atomic E-state index is 12.8. The van der Waals surface area contributed by atoms with E-state index >= 15 is 0 Å². The van der Waals surface area contributed by atoms with Crippen LogP contribution in [0.25, 0.3) is 0 Å². The molecular formula is C59H94O6. The molecule has 0 aliphatic rings. The van der Waals surface area contributed by atoms with Gasteiger partial charge in [-0.3, -0.25) is 14.4 Å². The van der Waals surface area contributed by atoms with Crippen LogP contribution in [0.15, 0.2) is 122 Å². The minimum absolute atomic E-state index is 0.126. The Bertz CT molecular complexity index is 1400. The number of unbranched alkanes of at least 4 members (excludes halogenated alkanes) is 16. The number of rotatable bonds is 45. The normalized spacial score (nSPS) is 13.1. The molecule has 6 nitrogen and oxygen atoms in total. The van der Waals surface area contributed by atoms with Crippen LogP contribution in [-0.4, -0.2) is 37.2 Å². The number of hydrogen-bond acceptors (Lipinski definition) is 6. The van der Waals surface area contributed by atoms with Gasteiger partial charge >= 0.3 is 17.9 Å². The Kier molecular flexibility index (Phi) is 49.1. The third kappa shape index (κ3) is 50.7. The molecule has 0 radical (unpaired) electrons. The van der Waals surface area contributed by atoms with Crippen molar-refractivity contribution in [2.45, 2.75) is 219 Å². The lowest BCUT2D eigenvalue weighted by Crippen LogP contribution is -2.30. The smallest absolute Gasteiger partial charge is 0.306 e. The molecule has 0 heterocycles. The highest BCUT2D eigenvalue weighted by Gasteiger charge is 2.19. The van der Waals surface area contributed by atoms with Gasteiger partial charge in [0.15, 0.2) is 6.10 Å². The molecule has 65 heavy (non-hydrogen) atoms. The fraction of sp³-hybridized carbons (Fsp3) is 0.610. The molecule has 0 saturated heterocycles. The minimum atomic E-state index is -0.834. The molecule has 1 atom stereocenters. The van der Waals surface area contributed by atoms with Crippen molar-refractivity contribution in [1.29, 1.82) is 0 Å². The lowest BCUT2D eigenvalue weighted by atomic mass is 10.1. The van der Waals surface area contributed by atoms with E-state index < -0.39 is 6.10 Å². The van der Waals surface area contributed by atoms with E-state index in [4.69, 9.17) is 14.2 Å². The standard InChI is InChI=1S/C59H94O6/c1-4-7-10-13-16-19-22-25-27-29-31-32-34-37-40-43-46-49-52-58(61)64-55-56(54-63-57(60)51-48-45-42-39-36-24-21-18-15-12-9-6-3)65-59(62)53-50-47-44-41-38-35-33-30-28-26-23-20-17-14-11-8-5-2/h9,12,17-18,20-22,25-29,31-33,35-36,39,41,44,56H,4-8,10-11,13-16,19,23-24,30,34,37-38,40,42-43,45-55H2,1-3H3/b12-9-,20-17-,21-18-,25-22-,28-26-,29-27-,32-31-,35-33-,39-36-,44-41-. The highest BCUT2D eigenvalue weighted by Crippen LogP contribution is 2.11. The van der Waals surface area contributed by atoms with Crippen LogP contribution in [0.3, 0.4) is 0 Å². The minimum Gasteiger partial charge on any atom is -0.462 e. The zero-order valence-corrected chi connectivity index (χ0v) is 41.7. The molecule has 366 valence electrons. The molecule has 0 aromatic rings.